The minimum absolute atomic E-state index is 0. The van der Waals surface area contributed by atoms with Crippen LogP contribution in [0.4, 0.5) is 0 Å². The van der Waals surface area contributed by atoms with Gasteiger partial charge in [-0.3, -0.25) is 0 Å². The summed E-state index contributed by atoms with van der Waals surface area (Å²) in [6, 6.07) is 58.3. The average Bonchev–Trinajstić information content (AvgIpc) is 3.84. The van der Waals surface area contributed by atoms with E-state index in [1.165, 1.54) is 0 Å². The van der Waals surface area contributed by atoms with Crippen molar-refractivity contribution in [2.24, 2.45) is 0 Å². The Kier molecular flexibility index (Phi) is 12.4. The standard InChI is InChI=1S/C56H46N2O4.C2H5.Zr/c1-35-30-45(55(59)51(32-35)57-47-24-9-3-18-39(47)40-19-4-10-25-48(40)57)43-22-7-13-28-53(43)61-37-16-15-17-38(34-37)62-54-29-14-8-23-44(54)46-31-36(2)33-52(56(46)60)58-49-26-11-5-20-41(49)42-21-6-12-27-50(42)58;1-2;/h3-14,18-33,37-38,59-60H,15-17,34H2,1-2H3;1H2,2H3;/q;-1;/p+2. The van der Waals surface area contributed by atoms with Crippen molar-refractivity contribution in [3.63, 3.8) is 0 Å². The molecule has 4 N–H and O–H groups in total. The van der Waals surface area contributed by atoms with Crippen molar-refractivity contribution >= 4 is 43.6 Å². The number of hydrogen-bond acceptors (Lipinski definition) is 2. The summed E-state index contributed by atoms with van der Waals surface area (Å²) in [4.78, 5) is 0. The molecule has 1 aliphatic carbocycles. The molecule has 65 heavy (non-hydrogen) atoms. The fraction of sp³-hybridized carbons (Fsp3) is 0.155. The van der Waals surface area contributed by atoms with Gasteiger partial charge in [-0.15, -0.1) is 0 Å². The Morgan fingerprint density at radius 3 is 1.14 bits per heavy atom. The predicted molar refractivity (Wildman–Crippen MR) is 266 cm³/mol. The van der Waals surface area contributed by atoms with Crippen LogP contribution in [0.3, 0.4) is 0 Å². The third-order valence-corrected chi connectivity index (χ3v) is 12.8. The van der Waals surface area contributed by atoms with Crippen LogP contribution >= 0.6 is 0 Å². The zero-order chi connectivity index (χ0) is 43.9. The van der Waals surface area contributed by atoms with Crippen molar-refractivity contribution in [3.05, 3.63) is 188 Å². The van der Waals surface area contributed by atoms with E-state index in [0.717, 1.165) is 126 Å². The van der Waals surface area contributed by atoms with E-state index in [2.05, 4.69) is 175 Å². The molecule has 11 rings (SSSR count). The molecule has 0 bridgehead atoms. The summed E-state index contributed by atoms with van der Waals surface area (Å²) in [5, 5.41) is 29.0. The molecule has 1 saturated carbocycles. The average molecular weight is 933 g/mol. The zero-order valence-corrected chi connectivity index (χ0v) is 39.5. The Morgan fingerprint density at radius 1 is 0.446 bits per heavy atom. The number of phenolic OH excluding ortho intramolecular Hbond substituents is 2. The molecule has 0 radical (unpaired) electrons. The van der Waals surface area contributed by atoms with Gasteiger partial charge in [-0.2, -0.15) is 6.92 Å². The number of fused-ring (bicyclic) bond motifs is 6. The number of aromatic nitrogens is 2. The van der Waals surface area contributed by atoms with Crippen molar-refractivity contribution < 1.29 is 45.9 Å². The van der Waals surface area contributed by atoms with Crippen LogP contribution in [0.2, 0.25) is 0 Å². The third-order valence-electron chi connectivity index (χ3n) is 12.8. The minimum Gasteiger partial charge on any atom is -0.580 e. The van der Waals surface area contributed by atoms with E-state index in [9.17, 15) is 10.2 Å². The fourth-order valence-electron chi connectivity index (χ4n) is 10.0. The molecule has 322 valence electrons. The van der Waals surface area contributed by atoms with E-state index < -0.39 is 0 Å². The topological polar surface area (TPSA) is 75.9 Å². The molecule has 6 nitrogen and oxygen atoms in total. The van der Waals surface area contributed by atoms with Crippen LogP contribution in [-0.2, 0) is 26.2 Å². The maximum atomic E-state index is 12.2. The molecule has 8 aromatic carbocycles. The van der Waals surface area contributed by atoms with Crippen LogP contribution in [0.25, 0.3) is 77.2 Å². The van der Waals surface area contributed by atoms with E-state index in [-0.39, 0.29) is 49.9 Å². The van der Waals surface area contributed by atoms with Gasteiger partial charge in [0.05, 0.1) is 44.6 Å². The number of ether oxygens (including phenoxy) is 2. The Hall–Kier alpha value is -6.56. The van der Waals surface area contributed by atoms with E-state index in [1.54, 1.807) is 6.92 Å². The summed E-state index contributed by atoms with van der Waals surface area (Å²) >= 11 is 0. The number of benzene rings is 8. The second kappa shape index (κ2) is 18.5. The largest absolute Gasteiger partial charge is 0.580 e. The Balaban J connectivity index is 0.00000175. The van der Waals surface area contributed by atoms with Gasteiger partial charge in [-0.1, -0.05) is 97.1 Å². The van der Waals surface area contributed by atoms with Gasteiger partial charge in [0.25, 0.3) is 11.5 Å². The van der Waals surface area contributed by atoms with Crippen molar-refractivity contribution in [3.8, 4) is 56.6 Å². The normalized spacial score (nSPS) is 14.8. The zero-order valence-electron chi connectivity index (χ0n) is 37.0. The van der Waals surface area contributed by atoms with Crippen LogP contribution < -0.4 is 0 Å². The SMILES string of the molecule is Cc1cc(-c2ccccc2[OH+]C2CCCC([OH+]c3ccccc3-c3cc(C)cc(-n4c5ccccc5c5ccccc54)c3O)C2)c(O)c(-n2c3ccccc3c3ccccc32)c1.[CH2-]C.[Zr]. The van der Waals surface area contributed by atoms with Crippen molar-refractivity contribution in [2.75, 3.05) is 0 Å². The maximum Gasteiger partial charge on any atom is 0.262 e. The summed E-state index contributed by atoms with van der Waals surface area (Å²) in [6.07, 6.45) is 3.87. The summed E-state index contributed by atoms with van der Waals surface area (Å²) in [6.45, 7) is 9.18. The van der Waals surface area contributed by atoms with Crippen molar-refractivity contribution in [1.29, 1.82) is 0 Å². The molecular formula is C58H53N2O4Zr+. The van der Waals surface area contributed by atoms with Crippen molar-refractivity contribution in [1.82, 2.24) is 9.13 Å². The summed E-state index contributed by atoms with van der Waals surface area (Å²) in [5.74, 6) is 2.21. The summed E-state index contributed by atoms with van der Waals surface area (Å²) < 4.78 is 15.2. The molecule has 0 amide bonds. The Morgan fingerprint density at radius 2 is 0.769 bits per heavy atom. The van der Waals surface area contributed by atoms with Crippen LogP contribution in [0.15, 0.2) is 170 Å². The van der Waals surface area contributed by atoms with Crippen molar-refractivity contribution in [2.45, 2.75) is 58.7 Å². The van der Waals surface area contributed by atoms with Gasteiger partial charge >= 0.3 is 0 Å². The van der Waals surface area contributed by atoms with Gasteiger partial charge in [0.1, 0.15) is 17.9 Å². The fourth-order valence-corrected chi connectivity index (χ4v) is 10.0. The number of aryl methyl sites for hydroxylation is 2. The number of aromatic hydroxyl groups is 4. The van der Waals surface area contributed by atoms with Gasteiger partial charge in [0.15, 0.2) is 12.2 Å². The number of nitrogens with zero attached hydrogens (tertiary/aromatic N) is 2. The van der Waals surface area contributed by atoms with E-state index in [4.69, 9.17) is 9.47 Å². The second-order valence-corrected chi connectivity index (χ2v) is 16.9. The smallest absolute Gasteiger partial charge is 0.262 e. The first-order valence-electron chi connectivity index (χ1n) is 22.4. The molecule has 2 aromatic heterocycles. The number of phenols is 2. The molecule has 2 atom stereocenters. The molecular weight excluding hydrogens is 880 g/mol. The van der Waals surface area contributed by atoms with E-state index >= 15 is 0 Å². The minimum atomic E-state index is 0. The van der Waals surface area contributed by atoms with Gasteiger partial charge < -0.3 is 35.7 Å². The second-order valence-electron chi connectivity index (χ2n) is 16.9. The van der Waals surface area contributed by atoms with Gasteiger partial charge in [0, 0.05) is 83.8 Å². The molecule has 1 aliphatic rings. The van der Waals surface area contributed by atoms with Crippen LogP contribution in [0.1, 0.15) is 43.7 Å². The van der Waals surface area contributed by atoms with Gasteiger partial charge in [-0.25, -0.2) is 0 Å². The van der Waals surface area contributed by atoms with E-state index in [1.807, 2.05) is 24.3 Å². The maximum absolute atomic E-state index is 12.2. The first kappa shape index (κ1) is 43.7. The molecule has 0 spiro atoms. The third kappa shape index (κ3) is 7.91. The molecule has 1 fully saturated rings. The first-order valence-corrected chi connectivity index (χ1v) is 22.4. The number of aliphatic hydroxyl groups is 2. The molecule has 2 heterocycles. The number of para-hydroxylation sites is 6. The molecule has 2 unspecified atom stereocenters. The van der Waals surface area contributed by atoms with E-state index in [0.29, 0.717) is 0 Å². The Labute approximate surface area is 399 Å². The van der Waals surface area contributed by atoms with Crippen LogP contribution in [0.5, 0.6) is 23.0 Å². The van der Waals surface area contributed by atoms with Crippen LogP contribution in [-0.4, -0.2) is 41.0 Å². The monoisotopic (exact) mass is 931 g/mol. The molecule has 0 saturated heterocycles. The van der Waals surface area contributed by atoms with Gasteiger partial charge in [0.2, 0.25) is 0 Å². The summed E-state index contributed by atoms with van der Waals surface area (Å²) in [5.41, 5.74) is 11.2. The number of rotatable bonds is 8. The summed E-state index contributed by atoms with van der Waals surface area (Å²) in [7, 11) is 0. The molecule has 10 aromatic rings. The number of hydrogen-bond donors (Lipinski definition) is 2. The van der Waals surface area contributed by atoms with Gasteiger partial charge in [-0.05, 0) is 92.1 Å². The predicted octanol–water partition coefficient (Wildman–Crippen LogP) is 14.6. The molecule has 0 aliphatic heterocycles. The Bertz CT molecular complexity index is 3020. The van der Waals surface area contributed by atoms with Crippen LogP contribution in [0, 0.1) is 20.8 Å². The quantitative estimate of drug-likeness (QED) is 0.118. The molecule has 7 heteroatoms. The first-order chi connectivity index (χ1) is 31.4.